The van der Waals surface area contributed by atoms with Crippen molar-refractivity contribution in [3.05, 3.63) is 29.3 Å². The van der Waals surface area contributed by atoms with Gasteiger partial charge in [-0.2, -0.15) is 0 Å². The molecule has 86 valence electrons. The van der Waals surface area contributed by atoms with Crippen LogP contribution in [0.5, 0.6) is 0 Å². The number of amides is 1. The summed E-state index contributed by atoms with van der Waals surface area (Å²) < 4.78 is 0. The molecule has 0 saturated heterocycles. The van der Waals surface area contributed by atoms with Crippen LogP contribution in [0.2, 0.25) is 0 Å². The Morgan fingerprint density at radius 3 is 2.56 bits per heavy atom. The van der Waals surface area contributed by atoms with E-state index in [9.17, 15) is 9.59 Å². The first kappa shape index (κ1) is 12.2. The van der Waals surface area contributed by atoms with Crippen molar-refractivity contribution in [1.29, 1.82) is 0 Å². The summed E-state index contributed by atoms with van der Waals surface area (Å²) in [4.78, 5) is 22.1. The second-order valence-electron chi connectivity index (χ2n) is 3.63. The largest absolute Gasteiger partial charge is 0.478 e. The molecule has 0 unspecified atom stereocenters. The zero-order valence-electron chi connectivity index (χ0n) is 9.41. The van der Waals surface area contributed by atoms with Gasteiger partial charge >= 0.3 is 5.97 Å². The summed E-state index contributed by atoms with van der Waals surface area (Å²) in [6, 6.07) is 4.76. The van der Waals surface area contributed by atoms with E-state index in [-0.39, 0.29) is 11.5 Å². The number of aromatic carboxylic acids is 1. The maximum absolute atomic E-state index is 11.3. The van der Waals surface area contributed by atoms with E-state index in [1.54, 1.807) is 19.1 Å². The van der Waals surface area contributed by atoms with Crippen LogP contribution in [0.3, 0.4) is 0 Å². The number of anilines is 1. The first-order valence-corrected chi connectivity index (χ1v) is 5.18. The zero-order chi connectivity index (χ0) is 12.1. The van der Waals surface area contributed by atoms with Crippen molar-refractivity contribution >= 4 is 17.6 Å². The molecule has 1 amide bonds. The highest BCUT2D eigenvalue weighted by atomic mass is 16.4. The number of carboxylic acids is 1. The second-order valence-corrected chi connectivity index (χ2v) is 3.63. The number of hydrogen-bond acceptors (Lipinski definition) is 2. The van der Waals surface area contributed by atoms with Gasteiger partial charge in [0.2, 0.25) is 5.91 Å². The van der Waals surface area contributed by atoms with Gasteiger partial charge in [-0.15, -0.1) is 0 Å². The first-order valence-electron chi connectivity index (χ1n) is 5.18. The molecule has 0 aliphatic heterocycles. The Bertz CT molecular complexity index is 413. The fourth-order valence-corrected chi connectivity index (χ4v) is 1.43. The van der Waals surface area contributed by atoms with Gasteiger partial charge in [0.15, 0.2) is 0 Å². The molecule has 0 heterocycles. The van der Waals surface area contributed by atoms with Crippen LogP contribution in [0.25, 0.3) is 0 Å². The summed E-state index contributed by atoms with van der Waals surface area (Å²) in [5.74, 6) is -1.01. The lowest BCUT2D eigenvalue weighted by molar-refractivity contribution is -0.116. The van der Waals surface area contributed by atoms with E-state index in [0.717, 1.165) is 6.42 Å². The van der Waals surface area contributed by atoms with E-state index in [0.29, 0.717) is 17.7 Å². The third-order valence-electron chi connectivity index (χ3n) is 2.22. The minimum absolute atomic E-state index is 0.0509. The van der Waals surface area contributed by atoms with Crippen LogP contribution >= 0.6 is 0 Å². The van der Waals surface area contributed by atoms with Gasteiger partial charge in [-0.1, -0.05) is 6.92 Å². The van der Waals surface area contributed by atoms with Gasteiger partial charge in [0, 0.05) is 12.1 Å². The average molecular weight is 221 g/mol. The van der Waals surface area contributed by atoms with Crippen molar-refractivity contribution in [2.24, 2.45) is 0 Å². The quantitative estimate of drug-likeness (QED) is 0.820. The van der Waals surface area contributed by atoms with Gasteiger partial charge in [0.1, 0.15) is 0 Å². The molecule has 0 saturated carbocycles. The van der Waals surface area contributed by atoms with Gasteiger partial charge in [0.05, 0.1) is 5.56 Å². The van der Waals surface area contributed by atoms with Crippen LogP contribution in [0.4, 0.5) is 5.69 Å². The minimum Gasteiger partial charge on any atom is -0.478 e. The predicted octanol–water partition coefficient (Wildman–Crippen LogP) is 2.43. The van der Waals surface area contributed by atoms with Gasteiger partial charge < -0.3 is 10.4 Å². The zero-order valence-corrected chi connectivity index (χ0v) is 9.41. The molecule has 1 aromatic carbocycles. The van der Waals surface area contributed by atoms with E-state index >= 15 is 0 Å². The number of carbonyl (C=O) groups excluding carboxylic acids is 1. The van der Waals surface area contributed by atoms with Gasteiger partial charge in [-0.05, 0) is 37.1 Å². The number of benzene rings is 1. The summed E-state index contributed by atoms with van der Waals surface area (Å²) in [5, 5.41) is 11.6. The Labute approximate surface area is 94.3 Å². The van der Waals surface area contributed by atoms with Crippen LogP contribution < -0.4 is 5.32 Å². The van der Waals surface area contributed by atoms with Crippen molar-refractivity contribution < 1.29 is 14.7 Å². The second kappa shape index (κ2) is 5.30. The van der Waals surface area contributed by atoms with Crippen LogP contribution in [-0.2, 0) is 4.79 Å². The molecule has 0 atom stereocenters. The smallest absolute Gasteiger partial charge is 0.335 e. The fraction of sp³-hybridized carbons (Fsp3) is 0.333. The fourth-order valence-electron chi connectivity index (χ4n) is 1.43. The van der Waals surface area contributed by atoms with Crippen LogP contribution in [0, 0.1) is 6.92 Å². The molecule has 0 aliphatic rings. The predicted molar refractivity (Wildman–Crippen MR) is 61.7 cm³/mol. The number of nitrogens with one attached hydrogen (secondary N) is 1. The van der Waals surface area contributed by atoms with E-state index in [1.165, 1.54) is 6.07 Å². The van der Waals surface area contributed by atoms with Crippen molar-refractivity contribution in [3.63, 3.8) is 0 Å². The molecular formula is C12H15NO3. The Morgan fingerprint density at radius 2 is 2.06 bits per heavy atom. The number of rotatable bonds is 4. The van der Waals surface area contributed by atoms with E-state index < -0.39 is 5.97 Å². The average Bonchev–Trinajstić information content (AvgIpc) is 2.17. The van der Waals surface area contributed by atoms with Gasteiger partial charge in [0.25, 0.3) is 0 Å². The molecule has 0 aromatic heterocycles. The number of aryl methyl sites for hydroxylation is 1. The molecule has 0 bridgehead atoms. The van der Waals surface area contributed by atoms with Crippen LogP contribution in [0.1, 0.15) is 35.7 Å². The molecule has 2 N–H and O–H groups in total. The van der Waals surface area contributed by atoms with Crippen LogP contribution in [0.15, 0.2) is 18.2 Å². The molecule has 16 heavy (non-hydrogen) atoms. The van der Waals surface area contributed by atoms with Gasteiger partial charge in [-0.25, -0.2) is 4.79 Å². The third kappa shape index (κ3) is 3.08. The molecular weight excluding hydrogens is 206 g/mol. The summed E-state index contributed by atoms with van der Waals surface area (Å²) in [5.41, 5.74) is 1.54. The highest BCUT2D eigenvalue weighted by Gasteiger charge is 2.08. The monoisotopic (exact) mass is 221 g/mol. The number of hydrogen-bond donors (Lipinski definition) is 2. The Hall–Kier alpha value is -1.84. The van der Waals surface area contributed by atoms with Gasteiger partial charge in [-0.3, -0.25) is 4.79 Å². The Balaban J connectivity index is 2.81. The topological polar surface area (TPSA) is 66.4 Å². The maximum atomic E-state index is 11.3. The van der Waals surface area contributed by atoms with Crippen molar-refractivity contribution in [2.75, 3.05) is 5.32 Å². The van der Waals surface area contributed by atoms with Crippen molar-refractivity contribution in [2.45, 2.75) is 26.7 Å². The molecule has 4 heteroatoms. The van der Waals surface area contributed by atoms with Crippen molar-refractivity contribution in [3.8, 4) is 0 Å². The molecule has 0 aliphatic carbocycles. The lowest BCUT2D eigenvalue weighted by Gasteiger charge is -2.07. The van der Waals surface area contributed by atoms with E-state index in [2.05, 4.69) is 5.32 Å². The SMILES string of the molecule is CCCC(=O)Nc1ccc(C(=O)O)c(C)c1. The van der Waals surface area contributed by atoms with Crippen molar-refractivity contribution in [1.82, 2.24) is 0 Å². The third-order valence-corrected chi connectivity index (χ3v) is 2.22. The highest BCUT2D eigenvalue weighted by molar-refractivity contribution is 5.93. The van der Waals surface area contributed by atoms with E-state index in [4.69, 9.17) is 5.11 Å². The molecule has 0 radical (unpaired) electrons. The van der Waals surface area contributed by atoms with Crippen LogP contribution in [-0.4, -0.2) is 17.0 Å². The summed E-state index contributed by atoms with van der Waals surface area (Å²) in [6.45, 7) is 3.64. The summed E-state index contributed by atoms with van der Waals surface area (Å²) >= 11 is 0. The summed E-state index contributed by atoms with van der Waals surface area (Å²) in [7, 11) is 0. The maximum Gasteiger partial charge on any atom is 0.335 e. The molecule has 1 aromatic rings. The number of carbonyl (C=O) groups is 2. The Morgan fingerprint density at radius 1 is 1.38 bits per heavy atom. The first-order chi connectivity index (χ1) is 7.54. The highest BCUT2D eigenvalue weighted by Crippen LogP contribution is 2.15. The molecule has 0 fully saturated rings. The molecule has 1 rings (SSSR count). The molecule has 4 nitrogen and oxygen atoms in total. The Kier molecular flexibility index (Phi) is 4.05. The van der Waals surface area contributed by atoms with E-state index in [1.807, 2.05) is 6.92 Å². The lowest BCUT2D eigenvalue weighted by atomic mass is 10.1. The number of carboxylic acid groups (broad SMARTS) is 1. The molecule has 0 spiro atoms. The standard InChI is InChI=1S/C12H15NO3/c1-3-4-11(14)13-9-5-6-10(12(15)16)8(2)7-9/h5-7H,3-4H2,1-2H3,(H,13,14)(H,15,16). The minimum atomic E-state index is -0.955. The lowest BCUT2D eigenvalue weighted by Crippen LogP contribution is -2.11. The normalized spacial score (nSPS) is 9.88. The summed E-state index contributed by atoms with van der Waals surface area (Å²) in [6.07, 6.45) is 1.26.